The van der Waals surface area contributed by atoms with E-state index in [0.717, 1.165) is 6.07 Å². The van der Waals surface area contributed by atoms with Crippen LogP contribution in [0.3, 0.4) is 0 Å². The summed E-state index contributed by atoms with van der Waals surface area (Å²) in [5, 5.41) is 0.208. The summed E-state index contributed by atoms with van der Waals surface area (Å²) in [4.78, 5) is 7.31. The lowest BCUT2D eigenvalue weighted by Crippen LogP contribution is -2.15. The first-order valence-electron chi connectivity index (χ1n) is 4.84. The lowest BCUT2D eigenvalue weighted by atomic mass is 10.4. The number of nitrogens with zero attached hydrogens (tertiary/aromatic N) is 2. The third-order valence-electron chi connectivity index (χ3n) is 2.06. The fraction of sp³-hybridized carbons (Fsp3) is 0. The van der Waals surface area contributed by atoms with E-state index in [1.54, 1.807) is 6.07 Å². The second-order valence-electron chi connectivity index (χ2n) is 3.37. The van der Waals surface area contributed by atoms with E-state index >= 15 is 0 Å². The summed E-state index contributed by atoms with van der Waals surface area (Å²) in [6.45, 7) is 0. The van der Waals surface area contributed by atoms with E-state index in [2.05, 4.69) is 14.7 Å². The van der Waals surface area contributed by atoms with Gasteiger partial charge in [-0.3, -0.25) is 0 Å². The zero-order valence-electron chi connectivity index (χ0n) is 9.14. The van der Waals surface area contributed by atoms with Crippen molar-refractivity contribution in [1.82, 2.24) is 9.97 Å². The van der Waals surface area contributed by atoms with Gasteiger partial charge in [0, 0.05) is 12.4 Å². The topological polar surface area (TPSA) is 72.0 Å². The molecule has 0 saturated carbocycles. The van der Waals surface area contributed by atoms with Crippen LogP contribution in [0.5, 0.6) is 0 Å². The minimum atomic E-state index is -3.93. The van der Waals surface area contributed by atoms with E-state index in [9.17, 15) is 8.42 Å². The molecule has 2 rings (SSSR count). The minimum absolute atomic E-state index is 0.0437. The number of benzene rings is 1. The molecule has 0 fully saturated rings. The number of hydrogen-bond donors (Lipinski definition) is 1. The second kappa shape index (κ2) is 5.50. The molecule has 1 aromatic heterocycles. The fourth-order valence-corrected chi connectivity index (χ4v) is 3.20. The van der Waals surface area contributed by atoms with Gasteiger partial charge in [-0.05, 0) is 18.2 Å². The molecule has 0 spiro atoms. The van der Waals surface area contributed by atoms with Gasteiger partial charge in [0.25, 0.3) is 10.0 Å². The highest BCUT2D eigenvalue weighted by molar-refractivity contribution is 7.92. The number of halogens is 3. The molecule has 0 aliphatic heterocycles. The molecule has 0 aliphatic carbocycles. The Kier molecular flexibility index (Phi) is 4.15. The molecule has 9 heteroatoms. The summed E-state index contributed by atoms with van der Waals surface area (Å²) in [6, 6.07) is 3.98. The summed E-state index contributed by atoms with van der Waals surface area (Å²) in [6.07, 6.45) is 2.81. The second-order valence-corrected chi connectivity index (χ2v) is 6.25. The van der Waals surface area contributed by atoms with E-state index in [1.807, 2.05) is 0 Å². The van der Waals surface area contributed by atoms with E-state index in [0.29, 0.717) is 0 Å². The van der Waals surface area contributed by atoms with Gasteiger partial charge < -0.3 is 0 Å². The van der Waals surface area contributed by atoms with E-state index in [4.69, 9.17) is 34.8 Å². The Balaban J connectivity index is 2.43. The molecule has 0 radical (unpaired) electrons. The van der Waals surface area contributed by atoms with Gasteiger partial charge in [0.2, 0.25) is 5.95 Å². The molecule has 0 aliphatic rings. The number of hydrogen-bond acceptors (Lipinski definition) is 4. The molecule has 0 unspecified atom stereocenters. The molecule has 0 bridgehead atoms. The van der Waals surface area contributed by atoms with Gasteiger partial charge in [-0.25, -0.2) is 23.1 Å². The molecular formula is C10H6Cl3N3O2S. The smallest absolute Gasteiger partial charge is 0.247 e. The van der Waals surface area contributed by atoms with Gasteiger partial charge in [0.15, 0.2) is 0 Å². The SMILES string of the molecule is O=S(=O)(Nc1ncccn1)c1cc(Cl)c(Cl)cc1Cl. The van der Waals surface area contributed by atoms with Gasteiger partial charge in [-0.2, -0.15) is 0 Å². The van der Waals surface area contributed by atoms with Crippen LogP contribution in [0.2, 0.25) is 15.1 Å². The van der Waals surface area contributed by atoms with Crippen LogP contribution in [0.4, 0.5) is 5.95 Å². The lowest BCUT2D eigenvalue weighted by molar-refractivity contribution is 0.601. The summed E-state index contributed by atoms with van der Waals surface area (Å²) < 4.78 is 26.4. The van der Waals surface area contributed by atoms with Crippen molar-refractivity contribution in [3.8, 4) is 0 Å². The van der Waals surface area contributed by atoms with E-state index < -0.39 is 10.0 Å². The third kappa shape index (κ3) is 3.27. The van der Waals surface area contributed by atoms with Crippen molar-refractivity contribution in [2.24, 2.45) is 0 Å². The monoisotopic (exact) mass is 337 g/mol. The average Bonchev–Trinajstić information content (AvgIpc) is 2.34. The first-order valence-corrected chi connectivity index (χ1v) is 7.46. The number of sulfonamides is 1. The van der Waals surface area contributed by atoms with E-state index in [-0.39, 0.29) is 25.9 Å². The van der Waals surface area contributed by atoms with Crippen molar-refractivity contribution >= 4 is 50.8 Å². The molecule has 5 nitrogen and oxygen atoms in total. The van der Waals surface area contributed by atoms with Gasteiger partial charge in [0.1, 0.15) is 4.90 Å². The first-order chi connectivity index (χ1) is 8.90. The standard InChI is InChI=1S/C10H6Cl3N3O2S/c11-6-4-8(13)9(5-7(6)12)19(17,18)16-10-14-2-1-3-15-10/h1-5H,(H,14,15,16). The highest BCUT2D eigenvalue weighted by Crippen LogP contribution is 2.32. The van der Waals surface area contributed by atoms with Crippen LogP contribution in [-0.4, -0.2) is 18.4 Å². The normalized spacial score (nSPS) is 11.3. The molecule has 1 aromatic carbocycles. The quantitative estimate of drug-likeness (QED) is 0.872. The highest BCUT2D eigenvalue weighted by Gasteiger charge is 2.20. The Morgan fingerprint density at radius 3 is 2.16 bits per heavy atom. The molecule has 100 valence electrons. The molecule has 1 heterocycles. The van der Waals surface area contributed by atoms with E-state index in [1.165, 1.54) is 18.5 Å². The summed E-state index contributed by atoms with van der Waals surface area (Å²) in [5.74, 6) is -0.0651. The summed E-state index contributed by atoms with van der Waals surface area (Å²) >= 11 is 17.4. The number of nitrogens with one attached hydrogen (secondary N) is 1. The summed E-state index contributed by atoms with van der Waals surface area (Å²) in [5.41, 5.74) is 0. The number of rotatable bonds is 3. The number of aromatic nitrogens is 2. The van der Waals surface area contributed by atoms with Crippen LogP contribution in [0, 0.1) is 0 Å². The minimum Gasteiger partial charge on any atom is -0.247 e. The Labute approximate surface area is 124 Å². The molecule has 0 atom stereocenters. The molecule has 19 heavy (non-hydrogen) atoms. The van der Waals surface area contributed by atoms with Crippen LogP contribution >= 0.6 is 34.8 Å². The van der Waals surface area contributed by atoms with Crippen LogP contribution in [-0.2, 0) is 10.0 Å². The van der Waals surface area contributed by atoms with Gasteiger partial charge in [0.05, 0.1) is 15.1 Å². The third-order valence-corrected chi connectivity index (χ3v) is 4.57. The largest absolute Gasteiger partial charge is 0.265 e. The van der Waals surface area contributed by atoms with Crippen molar-refractivity contribution < 1.29 is 8.42 Å². The van der Waals surface area contributed by atoms with Crippen molar-refractivity contribution in [2.75, 3.05) is 4.72 Å². The van der Waals surface area contributed by atoms with Crippen LogP contribution in [0.15, 0.2) is 35.5 Å². The Hall–Kier alpha value is -1.08. The predicted molar refractivity (Wildman–Crippen MR) is 74.3 cm³/mol. The zero-order valence-corrected chi connectivity index (χ0v) is 12.2. The fourth-order valence-electron chi connectivity index (χ4n) is 1.24. The average molecular weight is 339 g/mol. The predicted octanol–water partition coefficient (Wildman–Crippen LogP) is 3.24. The maximum atomic E-state index is 12.1. The van der Waals surface area contributed by atoms with Crippen molar-refractivity contribution in [3.05, 3.63) is 45.7 Å². The molecule has 2 aromatic rings. The van der Waals surface area contributed by atoms with Crippen molar-refractivity contribution in [1.29, 1.82) is 0 Å². The number of anilines is 1. The highest BCUT2D eigenvalue weighted by atomic mass is 35.5. The van der Waals surface area contributed by atoms with Crippen molar-refractivity contribution in [3.63, 3.8) is 0 Å². The maximum absolute atomic E-state index is 12.1. The Morgan fingerprint density at radius 1 is 0.947 bits per heavy atom. The summed E-state index contributed by atoms with van der Waals surface area (Å²) in [7, 11) is -3.93. The molecule has 1 N–H and O–H groups in total. The van der Waals surface area contributed by atoms with Gasteiger partial charge >= 0.3 is 0 Å². The van der Waals surface area contributed by atoms with Gasteiger partial charge in [-0.1, -0.05) is 34.8 Å². The molecule has 0 saturated heterocycles. The van der Waals surface area contributed by atoms with Crippen LogP contribution in [0.25, 0.3) is 0 Å². The Morgan fingerprint density at radius 2 is 1.53 bits per heavy atom. The first kappa shape index (κ1) is 14.3. The molecular weight excluding hydrogens is 333 g/mol. The Bertz CT molecular complexity index is 707. The van der Waals surface area contributed by atoms with Crippen molar-refractivity contribution in [2.45, 2.75) is 4.90 Å². The lowest BCUT2D eigenvalue weighted by Gasteiger charge is -2.09. The molecule has 0 amide bonds. The van der Waals surface area contributed by atoms with Crippen LogP contribution in [0.1, 0.15) is 0 Å². The maximum Gasteiger partial charge on any atom is 0.265 e. The van der Waals surface area contributed by atoms with Crippen LogP contribution < -0.4 is 4.72 Å². The zero-order chi connectivity index (χ0) is 14.0. The van der Waals surface area contributed by atoms with Gasteiger partial charge in [-0.15, -0.1) is 0 Å².